The fourth-order valence-electron chi connectivity index (χ4n) is 7.26. The van der Waals surface area contributed by atoms with Crippen molar-refractivity contribution in [1.82, 2.24) is 42.1 Å². The van der Waals surface area contributed by atoms with Gasteiger partial charge < -0.3 is 90.6 Å². The monoisotopic (exact) mass is 1040 g/mol. The molecule has 412 valence electrons. The summed E-state index contributed by atoms with van der Waals surface area (Å²) in [5.41, 5.74) is 21.9. The molecule has 73 heavy (non-hydrogen) atoms. The van der Waals surface area contributed by atoms with Crippen LogP contribution in [0.15, 0.2) is 4.99 Å². The zero-order valence-electron chi connectivity index (χ0n) is 41.1. The number of hydrogen-bond donors (Lipinski definition) is 16. The summed E-state index contributed by atoms with van der Waals surface area (Å²) in [6.07, 6.45) is -2.65. The summed E-state index contributed by atoms with van der Waals surface area (Å²) in [6.45, 7) is 3.53. The fourth-order valence-corrected chi connectivity index (χ4v) is 7.26. The third-order valence-corrected chi connectivity index (χ3v) is 11.3. The van der Waals surface area contributed by atoms with Crippen molar-refractivity contribution in [3.05, 3.63) is 0 Å². The molecule has 1 heterocycles. The number of aliphatic hydroxyl groups is 1. The predicted molar refractivity (Wildman–Crippen MR) is 255 cm³/mol. The largest absolute Gasteiger partial charge is 0.481 e. The smallest absolute Gasteiger partial charge is 0.326 e. The van der Waals surface area contributed by atoms with Crippen molar-refractivity contribution in [2.24, 2.45) is 33.8 Å². The summed E-state index contributed by atoms with van der Waals surface area (Å²) in [5, 5.41) is 64.4. The molecule has 0 saturated carbocycles. The van der Waals surface area contributed by atoms with Gasteiger partial charge in [-0.25, -0.2) is 4.79 Å². The minimum absolute atomic E-state index is 0.0210. The molecular formula is C43H73N13O17. The molecule has 0 spiro atoms. The van der Waals surface area contributed by atoms with E-state index in [0.717, 1.165) is 4.90 Å². The lowest BCUT2D eigenvalue weighted by atomic mass is 10.0. The Bertz CT molecular complexity index is 1980. The Kier molecular flexibility index (Phi) is 28.6. The number of aliphatic carboxylic acids is 4. The number of nitrogens with zero attached hydrogens (tertiary/aromatic N) is 2. The minimum Gasteiger partial charge on any atom is -0.481 e. The van der Waals surface area contributed by atoms with Crippen LogP contribution in [0.5, 0.6) is 0 Å². The van der Waals surface area contributed by atoms with E-state index in [4.69, 9.17) is 22.9 Å². The number of carbonyl (C=O) groups is 12. The molecule has 0 radical (unpaired) electrons. The first-order valence-corrected chi connectivity index (χ1v) is 23.7. The molecule has 30 heteroatoms. The van der Waals surface area contributed by atoms with Crippen LogP contribution < -0.4 is 60.2 Å². The van der Waals surface area contributed by atoms with E-state index in [2.05, 4.69) is 42.2 Å². The molecule has 0 unspecified atom stereocenters. The highest BCUT2D eigenvalue weighted by atomic mass is 16.4. The van der Waals surface area contributed by atoms with Crippen LogP contribution >= 0.6 is 0 Å². The van der Waals surface area contributed by atoms with Crippen molar-refractivity contribution < 1.29 is 83.1 Å². The molecule has 1 fully saturated rings. The third kappa shape index (κ3) is 23.7. The second-order valence-electron chi connectivity index (χ2n) is 17.6. The molecule has 30 nitrogen and oxygen atoms in total. The number of hydrogen-bond acceptors (Lipinski definition) is 16. The van der Waals surface area contributed by atoms with Gasteiger partial charge in [-0.05, 0) is 83.6 Å². The average Bonchev–Trinajstić information content (AvgIpc) is 3.81. The van der Waals surface area contributed by atoms with Crippen LogP contribution in [0.3, 0.4) is 0 Å². The first kappa shape index (κ1) is 63.8. The number of nitrogens with two attached hydrogens (primary N) is 4. The molecule has 0 aromatic rings. The molecule has 0 aliphatic carbocycles. The van der Waals surface area contributed by atoms with Crippen molar-refractivity contribution in [3.8, 4) is 0 Å². The van der Waals surface area contributed by atoms with Crippen LogP contribution in [0.4, 0.5) is 0 Å². The van der Waals surface area contributed by atoms with Gasteiger partial charge in [-0.3, -0.25) is 57.7 Å². The number of carboxylic acid groups (broad SMARTS) is 4. The van der Waals surface area contributed by atoms with E-state index in [9.17, 15) is 83.1 Å². The zero-order valence-corrected chi connectivity index (χ0v) is 41.1. The highest BCUT2D eigenvalue weighted by molar-refractivity contribution is 5.98. The lowest BCUT2D eigenvalue weighted by molar-refractivity contribution is -0.143. The van der Waals surface area contributed by atoms with Gasteiger partial charge in [0.05, 0.1) is 12.6 Å². The highest BCUT2D eigenvalue weighted by Crippen LogP contribution is 2.21. The topological polar surface area (TPSA) is 510 Å². The summed E-state index contributed by atoms with van der Waals surface area (Å²) < 4.78 is 0. The number of carboxylic acids is 4. The Balaban J connectivity index is 3.41. The Hall–Kier alpha value is -7.21. The number of nitrogens with one attached hydrogen (secondary N) is 7. The van der Waals surface area contributed by atoms with Gasteiger partial charge in [0.2, 0.25) is 47.3 Å². The van der Waals surface area contributed by atoms with Gasteiger partial charge >= 0.3 is 23.9 Å². The molecule has 0 bridgehead atoms. The van der Waals surface area contributed by atoms with E-state index in [1.807, 2.05) is 0 Å². The number of aliphatic imine (C=N–C) groups is 1. The molecule has 1 rings (SSSR count). The Morgan fingerprint density at radius 1 is 0.575 bits per heavy atom. The normalized spacial score (nSPS) is 16.4. The van der Waals surface area contributed by atoms with Crippen molar-refractivity contribution in [1.29, 1.82) is 0 Å². The van der Waals surface area contributed by atoms with Gasteiger partial charge in [-0.2, -0.15) is 0 Å². The maximum atomic E-state index is 13.9. The van der Waals surface area contributed by atoms with Gasteiger partial charge in [0, 0.05) is 32.4 Å². The highest BCUT2D eigenvalue weighted by Gasteiger charge is 2.40. The Morgan fingerprint density at radius 3 is 1.45 bits per heavy atom. The molecule has 0 aromatic carbocycles. The van der Waals surface area contributed by atoms with Crippen molar-refractivity contribution in [3.63, 3.8) is 0 Å². The van der Waals surface area contributed by atoms with Crippen molar-refractivity contribution in [2.45, 2.75) is 159 Å². The minimum atomic E-state index is -1.81. The number of rotatable bonds is 35. The van der Waals surface area contributed by atoms with E-state index >= 15 is 0 Å². The SMILES string of the molecule is CC(C)[C@H](NC(=O)[C@@H]1CCCN1C(=O)[C@H](CCC(=O)O)NC(=O)[C@H](C)N)C(=O)N[C@@H](CO)C(=O)N[C@@H](CCCN=C(N)N)C(=O)N[C@@H](CCC(=O)O)C(=O)N[C@@H](CCC(=O)O)C(=O)N[C@@H](CCCCN)C(=O)O. The molecule has 9 atom stereocenters. The van der Waals surface area contributed by atoms with Crippen molar-refractivity contribution >= 4 is 77.1 Å². The zero-order chi connectivity index (χ0) is 55.5. The molecule has 1 aliphatic heterocycles. The maximum Gasteiger partial charge on any atom is 0.326 e. The third-order valence-electron chi connectivity index (χ3n) is 11.3. The van der Waals surface area contributed by atoms with E-state index in [0.29, 0.717) is 19.3 Å². The summed E-state index contributed by atoms with van der Waals surface area (Å²) in [6, 6.07) is -13.4. The van der Waals surface area contributed by atoms with Gasteiger partial charge in [-0.1, -0.05) is 13.8 Å². The summed E-state index contributed by atoms with van der Waals surface area (Å²) in [7, 11) is 0. The second-order valence-corrected chi connectivity index (χ2v) is 17.6. The van der Waals surface area contributed by atoms with Crippen LogP contribution in [0, 0.1) is 5.92 Å². The van der Waals surface area contributed by atoms with Crippen LogP contribution in [-0.4, -0.2) is 188 Å². The molecular weight excluding hydrogens is 971 g/mol. The van der Waals surface area contributed by atoms with Crippen LogP contribution in [-0.2, 0) is 57.5 Å². The first-order chi connectivity index (χ1) is 34.2. The fraction of sp³-hybridized carbons (Fsp3) is 0.698. The molecule has 20 N–H and O–H groups in total. The summed E-state index contributed by atoms with van der Waals surface area (Å²) in [5.74, 6) is -14.4. The van der Waals surface area contributed by atoms with E-state index < -0.39 is 170 Å². The summed E-state index contributed by atoms with van der Waals surface area (Å²) >= 11 is 0. The van der Waals surface area contributed by atoms with Gasteiger partial charge in [0.1, 0.15) is 48.3 Å². The number of amides is 8. The van der Waals surface area contributed by atoms with Crippen molar-refractivity contribution in [2.75, 3.05) is 26.2 Å². The standard InChI is InChI=1S/C43H73N13O17/c1-21(2)33(55-39(69)29-10-7-19-56(29)41(71)26(13-16-32(62)63)52-34(64)22(3)45)40(70)54-28(20-57)38(68)49-23(9-6-18-48-43(46)47)35(65)50-24(11-14-30(58)59)36(66)51-25(12-15-31(60)61)37(67)53-27(42(72)73)8-4-5-17-44/h21-29,33,57H,4-20,44-45H2,1-3H3,(H,49,68)(H,50,65)(H,51,66)(H,52,64)(H,53,67)(H,54,70)(H,55,69)(H,58,59)(H,60,61)(H,62,63)(H,72,73)(H4,46,47,48)/t22-,23-,24-,25-,26-,27-,28-,29-,33-/m0/s1. The number of likely N-dealkylation sites (tertiary alicyclic amines) is 1. The van der Waals surface area contributed by atoms with Gasteiger partial charge in [0.15, 0.2) is 5.96 Å². The van der Waals surface area contributed by atoms with E-state index in [-0.39, 0.29) is 57.7 Å². The second kappa shape index (κ2) is 32.7. The lowest BCUT2D eigenvalue weighted by Crippen LogP contribution is -2.61. The lowest BCUT2D eigenvalue weighted by Gasteiger charge is -2.31. The quantitative estimate of drug-likeness (QED) is 0.0160. The van der Waals surface area contributed by atoms with Crippen LogP contribution in [0.25, 0.3) is 0 Å². The van der Waals surface area contributed by atoms with E-state index in [1.165, 1.54) is 20.8 Å². The Morgan fingerprint density at radius 2 is 1.01 bits per heavy atom. The van der Waals surface area contributed by atoms with Crippen LogP contribution in [0.1, 0.15) is 104 Å². The number of guanidine groups is 1. The van der Waals surface area contributed by atoms with Gasteiger partial charge in [0.25, 0.3) is 0 Å². The number of aliphatic hydroxyl groups excluding tert-OH is 1. The average molecular weight is 1040 g/mol. The molecule has 0 aromatic heterocycles. The number of unbranched alkanes of at least 4 members (excludes halogenated alkanes) is 1. The Labute approximate surface area is 420 Å². The molecule has 8 amide bonds. The molecule has 1 saturated heterocycles. The van der Waals surface area contributed by atoms with Crippen LogP contribution in [0.2, 0.25) is 0 Å². The maximum absolute atomic E-state index is 13.9. The molecule has 1 aliphatic rings. The van der Waals surface area contributed by atoms with Gasteiger partial charge in [-0.15, -0.1) is 0 Å². The first-order valence-electron chi connectivity index (χ1n) is 23.7. The number of carbonyl (C=O) groups excluding carboxylic acids is 8. The van der Waals surface area contributed by atoms with E-state index in [1.54, 1.807) is 0 Å². The predicted octanol–water partition coefficient (Wildman–Crippen LogP) is -5.77. The summed E-state index contributed by atoms with van der Waals surface area (Å²) in [4.78, 5) is 160.